The number of hydrogen-bond acceptors (Lipinski definition) is 5. The minimum absolute atomic E-state index is 0.0756. The number of nitrogens with two attached hydrogens (primary N) is 1. The summed E-state index contributed by atoms with van der Waals surface area (Å²) in [4.78, 5) is 22.8. The maximum atomic E-state index is 11.6. The second-order valence-electron chi connectivity index (χ2n) is 4.71. The van der Waals surface area contributed by atoms with Gasteiger partial charge >= 0.3 is 0 Å². The Hall–Kier alpha value is -0.590. The van der Waals surface area contributed by atoms with E-state index in [1.807, 2.05) is 13.8 Å². The van der Waals surface area contributed by atoms with Crippen molar-refractivity contribution in [3.8, 4) is 0 Å². The Balaban J connectivity index is 0. The van der Waals surface area contributed by atoms with Crippen LogP contribution in [-0.2, 0) is 9.59 Å². The smallest absolute Gasteiger partial charge is 0.236 e. The van der Waals surface area contributed by atoms with Crippen LogP contribution in [-0.4, -0.2) is 43.1 Å². The van der Waals surface area contributed by atoms with E-state index in [4.69, 9.17) is 5.73 Å². The topological polar surface area (TPSA) is 84.2 Å². The highest BCUT2D eigenvalue weighted by Crippen LogP contribution is 2.01. The third-order valence-corrected chi connectivity index (χ3v) is 3.38. The maximum Gasteiger partial charge on any atom is 0.236 e. The number of likely N-dealkylation sites (N-methyl/N-ethyl adjacent to an activating group) is 1. The molecule has 1 amide bonds. The number of rotatable bonds is 11. The lowest BCUT2D eigenvalue weighted by Gasteiger charge is -2.13. The lowest BCUT2D eigenvalue weighted by Crippen LogP contribution is -2.41. The van der Waals surface area contributed by atoms with Gasteiger partial charge in [0.15, 0.2) is 0 Å². The van der Waals surface area contributed by atoms with E-state index in [-0.39, 0.29) is 17.7 Å². The molecule has 126 valence electrons. The number of unbranched alkanes of at least 4 members (excludes halogenated alkanes) is 1. The molecule has 0 fully saturated rings. The molecule has 0 aromatic rings. The minimum Gasteiger partial charge on any atom is -0.355 e. The highest BCUT2D eigenvalue weighted by molar-refractivity contribution is 7.80. The van der Waals surface area contributed by atoms with E-state index in [0.717, 1.165) is 31.4 Å². The third-order valence-electron chi connectivity index (χ3n) is 3.07. The van der Waals surface area contributed by atoms with Gasteiger partial charge in [0.05, 0.1) is 12.1 Å². The van der Waals surface area contributed by atoms with Gasteiger partial charge in [0.25, 0.3) is 0 Å². The number of amides is 1. The predicted octanol–water partition coefficient (Wildman–Crippen LogP) is 1.51. The molecule has 0 aliphatic rings. The van der Waals surface area contributed by atoms with Gasteiger partial charge in [-0.1, -0.05) is 13.8 Å². The lowest BCUT2D eigenvalue weighted by molar-refractivity contribution is -0.122. The molecule has 4 N–H and O–H groups in total. The summed E-state index contributed by atoms with van der Waals surface area (Å²) in [7, 11) is 1.79. The summed E-state index contributed by atoms with van der Waals surface area (Å²) < 4.78 is 0. The summed E-state index contributed by atoms with van der Waals surface area (Å²) in [5.74, 6) is 0.802. The Morgan fingerprint density at radius 3 is 2.24 bits per heavy atom. The van der Waals surface area contributed by atoms with Gasteiger partial charge < -0.3 is 16.4 Å². The molecular weight excluding hydrogens is 286 g/mol. The molecule has 0 heterocycles. The molecule has 6 heteroatoms. The Labute approximate surface area is 135 Å². The van der Waals surface area contributed by atoms with Crippen molar-refractivity contribution in [2.45, 2.75) is 65.0 Å². The van der Waals surface area contributed by atoms with Gasteiger partial charge in [0.1, 0.15) is 5.78 Å². The number of hydrogen-bond donors (Lipinski definition) is 4. The van der Waals surface area contributed by atoms with Gasteiger partial charge in [0.2, 0.25) is 5.91 Å². The lowest BCUT2D eigenvalue weighted by atomic mass is 10.1. The molecule has 0 bridgehead atoms. The van der Waals surface area contributed by atoms with Crippen LogP contribution in [0.1, 0.15) is 52.9 Å². The zero-order valence-corrected chi connectivity index (χ0v) is 14.8. The first-order valence-electron chi connectivity index (χ1n) is 7.84. The molecule has 0 saturated heterocycles. The molecule has 0 aliphatic heterocycles. The molecule has 0 aromatic heterocycles. The molecule has 0 spiro atoms. The van der Waals surface area contributed by atoms with Crippen LogP contribution in [0.3, 0.4) is 0 Å². The number of thiol groups is 1. The Bertz CT molecular complexity index is 276. The van der Waals surface area contributed by atoms with E-state index in [1.165, 1.54) is 0 Å². The monoisotopic (exact) mass is 319 g/mol. The summed E-state index contributed by atoms with van der Waals surface area (Å²) in [6, 6.07) is -0.511. The van der Waals surface area contributed by atoms with Gasteiger partial charge in [-0.15, -0.1) is 0 Å². The SMILES string of the molecule is CC.CNC(CCCCNC(=O)C(N)CCCS)C(C)=O. The van der Waals surface area contributed by atoms with Crippen molar-refractivity contribution in [3.05, 3.63) is 0 Å². The highest BCUT2D eigenvalue weighted by atomic mass is 32.1. The van der Waals surface area contributed by atoms with Crippen molar-refractivity contribution in [3.63, 3.8) is 0 Å². The van der Waals surface area contributed by atoms with Crippen molar-refractivity contribution in [2.75, 3.05) is 19.3 Å². The first kappa shape index (κ1) is 22.7. The van der Waals surface area contributed by atoms with E-state index < -0.39 is 6.04 Å². The van der Waals surface area contributed by atoms with Crippen LogP contribution in [0.5, 0.6) is 0 Å². The number of nitrogens with one attached hydrogen (secondary N) is 2. The largest absolute Gasteiger partial charge is 0.355 e. The summed E-state index contributed by atoms with van der Waals surface area (Å²) in [5.41, 5.74) is 5.73. The fraction of sp³-hybridized carbons (Fsp3) is 0.867. The Kier molecular flexibility index (Phi) is 17.1. The number of carbonyl (C=O) groups is 2. The fourth-order valence-corrected chi connectivity index (χ4v) is 1.99. The van der Waals surface area contributed by atoms with Gasteiger partial charge in [-0.05, 0) is 51.8 Å². The molecule has 0 saturated carbocycles. The number of Topliss-reactive ketones (excluding diaryl/α,β-unsaturated/α-hetero) is 1. The van der Waals surface area contributed by atoms with Crippen LogP contribution < -0.4 is 16.4 Å². The standard InChI is InChI=1S/C13H27N3O2S.C2H6/c1-10(17)12(15-2)7-3-4-8-16-13(18)11(14)6-5-9-19;1-2/h11-12,15,19H,3-9,14H2,1-2H3,(H,16,18);1-2H3. The Morgan fingerprint density at radius 2 is 1.76 bits per heavy atom. The molecule has 21 heavy (non-hydrogen) atoms. The molecule has 0 radical (unpaired) electrons. The van der Waals surface area contributed by atoms with Crippen molar-refractivity contribution in [1.29, 1.82) is 0 Å². The van der Waals surface area contributed by atoms with Crippen LogP contribution in [0.15, 0.2) is 0 Å². The van der Waals surface area contributed by atoms with E-state index in [1.54, 1.807) is 14.0 Å². The molecular formula is C15H33N3O2S. The molecule has 2 atom stereocenters. The second kappa shape index (κ2) is 15.8. The Morgan fingerprint density at radius 1 is 1.14 bits per heavy atom. The van der Waals surface area contributed by atoms with Gasteiger partial charge in [0, 0.05) is 6.54 Å². The van der Waals surface area contributed by atoms with Gasteiger partial charge in [-0.3, -0.25) is 9.59 Å². The van der Waals surface area contributed by atoms with Crippen LogP contribution in [0.25, 0.3) is 0 Å². The minimum atomic E-state index is -0.436. The second-order valence-corrected chi connectivity index (χ2v) is 5.16. The highest BCUT2D eigenvalue weighted by Gasteiger charge is 2.13. The average molecular weight is 320 g/mol. The van der Waals surface area contributed by atoms with E-state index in [9.17, 15) is 9.59 Å². The van der Waals surface area contributed by atoms with E-state index in [0.29, 0.717) is 13.0 Å². The predicted molar refractivity (Wildman–Crippen MR) is 92.8 cm³/mol. The summed E-state index contributed by atoms with van der Waals surface area (Å²) >= 11 is 4.09. The van der Waals surface area contributed by atoms with Gasteiger partial charge in [-0.25, -0.2) is 0 Å². The van der Waals surface area contributed by atoms with Crippen molar-refractivity contribution in [2.24, 2.45) is 5.73 Å². The average Bonchev–Trinajstić information content (AvgIpc) is 2.49. The summed E-state index contributed by atoms with van der Waals surface area (Å²) in [6.45, 7) is 6.20. The summed E-state index contributed by atoms with van der Waals surface area (Å²) in [6.07, 6.45) is 4.07. The molecule has 0 rings (SSSR count). The van der Waals surface area contributed by atoms with Crippen molar-refractivity contribution in [1.82, 2.24) is 10.6 Å². The molecule has 2 unspecified atom stereocenters. The number of carbonyl (C=O) groups excluding carboxylic acids is 2. The van der Waals surface area contributed by atoms with Crippen LogP contribution in [0, 0.1) is 0 Å². The maximum absolute atomic E-state index is 11.6. The van der Waals surface area contributed by atoms with Crippen molar-refractivity contribution >= 4 is 24.3 Å². The van der Waals surface area contributed by atoms with E-state index in [2.05, 4.69) is 23.3 Å². The summed E-state index contributed by atoms with van der Waals surface area (Å²) in [5, 5.41) is 5.80. The van der Waals surface area contributed by atoms with E-state index >= 15 is 0 Å². The van der Waals surface area contributed by atoms with Crippen LogP contribution in [0.4, 0.5) is 0 Å². The molecule has 0 aliphatic carbocycles. The zero-order chi connectivity index (χ0) is 16.7. The van der Waals surface area contributed by atoms with Gasteiger partial charge in [-0.2, -0.15) is 12.6 Å². The van der Waals surface area contributed by atoms with Crippen molar-refractivity contribution < 1.29 is 9.59 Å². The van der Waals surface area contributed by atoms with Crippen LogP contribution in [0.2, 0.25) is 0 Å². The normalized spacial score (nSPS) is 12.9. The fourth-order valence-electron chi connectivity index (χ4n) is 1.81. The first-order chi connectivity index (χ1) is 10.0. The quantitative estimate of drug-likeness (QED) is 0.344. The zero-order valence-electron chi connectivity index (χ0n) is 13.9. The van der Waals surface area contributed by atoms with Crippen LogP contribution >= 0.6 is 12.6 Å². The first-order valence-corrected chi connectivity index (χ1v) is 8.48. The third kappa shape index (κ3) is 12.8. The molecule has 5 nitrogen and oxygen atoms in total. The molecule has 0 aromatic carbocycles. The number of ketones is 1.